The van der Waals surface area contributed by atoms with Crippen LogP contribution in [-0.4, -0.2) is 11.1 Å². The Hall–Kier alpha value is -1.44. The molecule has 0 amide bonds. The minimum absolute atomic E-state index is 0.0938. The zero-order valence-corrected chi connectivity index (χ0v) is 12.4. The molecule has 98 valence electrons. The lowest BCUT2D eigenvalue weighted by Gasteiger charge is -2.45. The Kier molecular flexibility index (Phi) is 2.92. The molecule has 1 aromatic carbocycles. The lowest BCUT2D eigenvalue weighted by Crippen LogP contribution is -2.45. The molecule has 1 heterocycles. The summed E-state index contributed by atoms with van der Waals surface area (Å²) < 4.78 is 0. The highest BCUT2D eigenvalue weighted by Gasteiger charge is 2.30. The van der Waals surface area contributed by atoms with Gasteiger partial charge in [-0.2, -0.15) is 0 Å². The molecule has 1 aliphatic heterocycles. The van der Waals surface area contributed by atoms with Crippen LogP contribution in [-0.2, 0) is 0 Å². The first kappa shape index (κ1) is 13.0. The molecule has 1 aliphatic rings. The summed E-state index contributed by atoms with van der Waals surface area (Å²) in [5, 5.41) is 0. The third-order valence-electron chi connectivity index (χ3n) is 3.21. The number of anilines is 2. The second kappa shape index (κ2) is 4.04. The van der Waals surface area contributed by atoms with Crippen molar-refractivity contribution in [3.05, 3.63) is 36.7 Å². The monoisotopic (exact) mass is 244 g/mol. The number of benzene rings is 1. The molecule has 0 bridgehead atoms. The van der Waals surface area contributed by atoms with E-state index in [-0.39, 0.29) is 11.1 Å². The van der Waals surface area contributed by atoms with Crippen molar-refractivity contribution in [3.8, 4) is 0 Å². The first-order valence-corrected chi connectivity index (χ1v) is 6.57. The van der Waals surface area contributed by atoms with Crippen LogP contribution >= 0.6 is 0 Å². The van der Waals surface area contributed by atoms with E-state index in [9.17, 15) is 0 Å². The van der Waals surface area contributed by atoms with Crippen LogP contribution in [0.2, 0.25) is 0 Å². The Morgan fingerprint density at radius 2 is 1.00 bits per heavy atom. The fourth-order valence-electron chi connectivity index (χ4n) is 2.34. The molecule has 2 nitrogen and oxygen atoms in total. The fourth-order valence-corrected chi connectivity index (χ4v) is 2.34. The molecule has 2 heteroatoms. The van der Waals surface area contributed by atoms with Crippen molar-refractivity contribution >= 4 is 11.4 Å². The molecular weight excluding hydrogens is 220 g/mol. The third-order valence-corrected chi connectivity index (χ3v) is 3.21. The maximum absolute atomic E-state index is 2.34. The van der Waals surface area contributed by atoms with Gasteiger partial charge in [0.2, 0.25) is 0 Å². The Morgan fingerprint density at radius 1 is 0.667 bits per heavy atom. The lowest BCUT2D eigenvalue weighted by atomic mass is 10.00. The van der Waals surface area contributed by atoms with Gasteiger partial charge in [0.1, 0.15) is 0 Å². The van der Waals surface area contributed by atoms with E-state index in [1.54, 1.807) is 0 Å². The van der Waals surface area contributed by atoms with E-state index in [0.717, 1.165) is 0 Å². The Balaban J connectivity index is 2.53. The molecule has 0 aromatic heterocycles. The van der Waals surface area contributed by atoms with E-state index in [2.05, 4.69) is 88.0 Å². The van der Waals surface area contributed by atoms with Gasteiger partial charge in [0.25, 0.3) is 0 Å². The van der Waals surface area contributed by atoms with Gasteiger partial charge in [0, 0.05) is 23.5 Å². The quantitative estimate of drug-likeness (QED) is 0.668. The molecule has 1 aromatic rings. The van der Waals surface area contributed by atoms with Crippen molar-refractivity contribution in [2.45, 2.75) is 52.6 Å². The van der Waals surface area contributed by atoms with Crippen molar-refractivity contribution in [2.24, 2.45) is 0 Å². The number of para-hydroxylation sites is 2. The predicted octanol–water partition coefficient (Wildman–Crippen LogP) is 4.38. The summed E-state index contributed by atoms with van der Waals surface area (Å²) in [6.45, 7) is 13.4. The van der Waals surface area contributed by atoms with Crippen LogP contribution in [0.1, 0.15) is 41.5 Å². The first-order valence-electron chi connectivity index (χ1n) is 6.57. The summed E-state index contributed by atoms with van der Waals surface area (Å²) in [5.74, 6) is 0. The Morgan fingerprint density at radius 3 is 1.28 bits per heavy atom. The van der Waals surface area contributed by atoms with Crippen LogP contribution < -0.4 is 9.80 Å². The highest BCUT2D eigenvalue weighted by Crippen LogP contribution is 2.40. The largest absolute Gasteiger partial charge is 0.340 e. The van der Waals surface area contributed by atoms with Gasteiger partial charge in [-0.1, -0.05) is 12.1 Å². The van der Waals surface area contributed by atoms with Gasteiger partial charge in [-0.15, -0.1) is 0 Å². The predicted molar refractivity (Wildman–Crippen MR) is 80.0 cm³/mol. The van der Waals surface area contributed by atoms with Gasteiger partial charge in [-0.05, 0) is 53.7 Å². The van der Waals surface area contributed by atoms with Crippen molar-refractivity contribution < 1.29 is 0 Å². The molecule has 0 atom stereocenters. The SMILES string of the molecule is CC(C)(C)N1C=CN(C(C)(C)C)c2ccccc21. The molecular formula is C16H24N2. The molecule has 0 unspecified atom stereocenters. The third kappa shape index (κ3) is 2.24. The second-order valence-corrected chi connectivity index (χ2v) is 6.87. The molecule has 0 saturated carbocycles. The van der Waals surface area contributed by atoms with Gasteiger partial charge in [0.05, 0.1) is 11.4 Å². The maximum Gasteiger partial charge on any atom is 0.0652 e. The van der Waals surface area contributed by atoms with Crippen molar-refractivity contribution in [1.29, 1.82) is 0 Å². The number of nitrogens with zero attached hydrogens (tertiary/aromatic N) is 2. The second-order valence-electron chi connectivity index (χ2n) is 6.87. The normalized spacial score (nSPS) is 15.9. The zero-order valence-electron chi connectivity index (χ0n) is 12.4. The highest BCUT2D eigenvalue weighted by atomic mass is 15.3. The average molecular weight is 244 g/mol. The van der Waals surface area contributed by atoms with Crippen LogP contribution in [0.4, 0.5) is 11.4 Å². The first-order chi connectivity index (χ1) is 8.21. The van der Waals surface area contributed by atoms with Crippen LogP contribution in [0.3, 0.4) is 0 Å². The standard InChI is InChI=1S/C16H24N2/c1-15(2,3)17-11-12-18(16(4,5)6)14-10-8-7-9-13(14)17/h7-12H,1-6H3. The number of hydrogen-bond acceptors (Lipinski definition) is 2. The molecule has 0 spiro atoms. The summed E-state index contributed by atoms with van der Waals surface area (Å²) in [5.41, 5.74) is 2.75. The highest BCUT2D eigenvalue weighted by molar-refractivity contribution is 5.77. The van der Waals surface area contributed by atoms with Crippen LogP contribution in [0.15, 0.2) is 36.7 Å². The number of rotatable bonds is 0. The molecule has 0 aliphatic carbocycles. The minimum atomic E-state index is 0.0938. The van der Waals surface area contributed by atoms with E-state index in [0.29, 0.717) is 0 Å². The van der Waals surface area contributed by atoms with Gasteiger partial charge in [-0.3, -0.25) is 0 Å². The summed E-state index contributed by atoms with van der Waals surface area (Å²) in [4.78, 5) is 4.68. The van der Waals surface area contributed by atoms with Gasteiger partial charge in [0.15, 0.2) is 0 Å². The van der Waals surface area contributed by atoms with E-state index < -0.39 is 0 Å². The van der Waals surface area contributed by atoms with Gasteiger partial charge in [-0.25, -0.2) is 0 Å². The average Bonchev–Trinajstić information content (AvgIpc) is 2.24. The number of fused-ring (bicyclic) bond motifs is 1. The van der Waals surface area contributed by atoms with Crippen molar-refractivity contribution in [1.82, 2.24) is 0 Å². The maximum atomic E-state index is 2.34. The van der Waals surface area contributed by atoms with Crippen molar-refractivity contribution in [3.63, 3.8) is 0 Å². The van der Waals surface area contributed by atoms with E-state index in [4.69, 9.17) is 0 Å². The van der Waals surface area contributed by atoms with Crippen LogP contribution in [0.25, 0.3) is 0 Å². The van der Waals surface area contributed by atoms with Gasteiger partial charge >= 0.3 is 0 Å². The van der Waals surface area contributed by atoms with Gasteiger partial charge < -0.3 is 9.80 Å². The van der Waals surface area contributed by atoms with E-state index in [1.165, 1.54) is 11.4 Å². The summed E-state index contributed by atoms with van der Waals surface area (Å²) in [6, 6.07) is 8.61. The molecule has 0 fully saturated rings. The van der Waals surface area contributed by atoms with E-state index in [1.807, 2.05) is 0 Å². The summed E-state index contributed by atoms with van der Waals surface area (Å²) in [7, 11) is 0. The zero-order chi connectivity index (χ0) is 13.6. The summed E-state index contributed by atoms with van der Waals surface area (Å²) in [6.07, 6.45) is 4.38. The molecule has 0 N–H and O–H groups in total. The molecule has 0 radical (unpaired) electrons. The lowest BCUT2D eigenvalue weighted by molar-refractivity contribution is 0.526. The summed E-state index contributed by atoms with van der Waals surface area (Å²) >= 11 is 0. The Labute approximate surface area is 111 Å². The molecule has 2 rings (SSSR count). The molecule has 0 saturated heterocycles. The van der Waals surface area contributed by atoms with Crippen LogP contribution in [0.5, 0.6) is 0 Å². The molecule has 18 heavy (non-hydrogen) atoms. The van der Waals surface area contributed by atoms with Crippen LogP contribution in [0, 0.1) is 0 Å². The number of hydrogen-bond donors (Lipinski definition) is 0. The smallest absolute Gasteiger partial charge is 0.0652 e. The topological polar surface area (TPSA) is 6.48 Å². The Bertz CT molecular complexity index is 418. The van der Waals surface area contributed by atoms with Crippen molar-refractivity contribution in [2.75, 3.05) is 9.80 Å². The minimum Gasteiger partial charge on any atom is -0.340 e. The fraction of sp³-hybridized carbons (Fsp3) is 0.500. The van der Waals surface area contributed by atoms with E-state index >= 15 is 0 Å².